The van der Waals surface area contributed by atoms with E-state index >= 15 is 0 Å². The van der Waals surface area contributed by atoms with Crippen LogP contribution in [0.1, 0.15) is 34.8 Å². The maximum atomic E-state index is 13.1. The number of fused-ring (bicyclic) bond motifs is 1. The summed E-state index contributed by atoms with van der Waals surface area (Å²) in [6, 6.07) is 9.39. The smallest absolute Gasteiger partial charge is 0.258 e. The predicted octanol–water partition coefficient (Wildman–Crippen LogP) is 2.70. The van der Waals surface area contributed by atoms with E-state index in [4.69, 9.17) is 9.15 Å². The van der Waals surface area contributed by atoms with Crippen LogP contribution in [0.5, 0.6) is 0 Å². The number of pyridine rings is 1. The molecule has 24 heavy (non-hydrogen) atoms. The lowest BCUT2D eigenvalue weighted by Gasteiger charge is -2.34. The molecular weight excluding hydrogens is 306 g/mol. The van der Waals surface area contributed by atoms with Gasteiger partial charge in [-0.2, -0.15) is 5.10 Å². The number of hydrogen-bond acceptors (Lipinski definition) is 4. The Morgan fingerprint density at radius 3 is 3.08 bits per heavy atom. The Labute approximate surface area is 139 Å². The molecule has 1 amide bonds. The van der Waals surface area contributed by atoms with Gasteiger partial charge in [0.15, 0.2) is 0 Å². The summed E-state index contributed by atoms with van der Waals surface area (Å²) < 4.78 is 13.2. The molecule has 4 rings (SSSR count). The van der Waals surface area contributed by atoms with Crippen molar-refractivity contribution in [2.24, 2.45) is 0 Å². The van der Waals surface area contributed by atoms with E-state index in [1.165, 1.54) is 0 Å². The number of aromatic nitrogens is 2. The van der Waals surface area contributed by atoms with Gasteiger partial charge >= 0.3 is 0 Å². The van der Waals surface area contributed by atoms with Crippen LogP contribution in [0.2, 0.25) is 0 Å². The third kappa shape index (κ3) is 2.49. The molecule has 6 nitrogen and oxygen atoms in total. The number of morpholine rings is 1. The number of carbonyl (C=O) groups excluding carboxylic acids is 1. The Hall–Kier alpha value is -2.60. The second-order valence-electron chi connectivity index (χ2n) is 5.84. The van der Waals surface area contributed by atoms with Crippen molar-refractivity contribution < 1.29 is 13.9 Å². The molecule has 0 unspecified atom stereocenters. The van der Waals surface area contributed by atoms with Gasteiger partial charge in [0.25, 0.3) is 5.91 Å². The fraction of sp³-hybridized carbons (Fsp3) is 0.333. The Kier molecular flexibility index (Phi) is 3.82. The molecule has 0 bridgehead atoms. The van der Waals surface area contributed by atoms with Crippen LogP contribution in [0, 0.1) is 0 Å². The second kappa shape index (κ2) is 6.13. The van der Waals surface area contributed by atoms with Crippen LogP contribution in [-0.2, 0) is 11.2 Å². The molecule has 124 valence electrons. The molecule has 4 heterocycles. The van der Waals surface area contributed by atoms with Gasteiger partial charge in [-0.25, -0.2) is 4.52 Å². The second-order valence-corrected chi connectivity index (χ2v) is 5.84. The van der Waals surface area contributed by atoms with Gasteiger partial charge in [-0.3, -0.25) is 4.79 Å². The number of aryl methyl sites for hydroxylation is 1. The predicted molar refractivity (Wildman–Crippen MR) is 87.9 cm³/mol. The van der Waals surface area contributed by atoms with Crippen molar-refractivity contribution in [2.45, 2.75) is 19.4 Å². The van der Waals surface area contributed by atoms with Crippen LogP contribution < -0.4 is 0 Å². The van der Waals surface area contributed by atoms with E-state index in [0.29, 0.717) is 25.3 Å². The zero-order valence-electron chi connectivity index (χ0n) is 13.5. The van der Waals surface area contributed by atoms with E-state index in [1.54, 1.807) is 10.7 Å². The molecule has 0 N–H and O–H groups in total. The molecule has 1 atom stereocenters. The zero-order valence-corrected chi connectivity index (χ0v) is 13.5. The third-order valence-corrected chi connectivity index (χ3v) is 4.41. The highest BCUT2D eigenvalue weighted by molar-refractivity contribution is 6.00. The molecular formula is C18H19N3O3. The zero-order chi connectivity index (χ0) is 16.5. The van der Waals surface area contributed by atoms with Crippen molar-refractivity contribution in [2.75, 3.05) is 19.8 Å². The van der Waals surface area contributed by atoms with E-state index in [2.05, 4.69) is 5.10 Å². The van der Waals surface area contributed by atoms with Crippen LogP contribution >= 0.6 is 0 Å². The van der Waals surface area contributed by atoms with E-state index in [1.807, 2.05) is 48.4 Å². The van der Waals surface area contributed by atoms with Gasteiger partial charge in [0.05, 0.1) is 30.5 Å². The van der Waals surface area contributed by atoms with E-state index in [-0.39, 0.29) is 11.9 Å². The summed E-state index contributed by atoms with van der Waals surface area (Å²) in [5.41, 5.74) is 1.41. The summed E-state index contributed by atoms with van der Waals surface area (Å²) in [4.78, 5) is 14.9. The first-order valence-electron chi connectivity index (χ1n) is 8.17. The Morgan fingerprint density at radius 2 is 2.25 bits per heavy atom. The number of nitrogens with zero attached hydrogens (tertiary/aromatic N) is 3. The largest absolute Gasteiger partial charge is 0.464 e. The minimum atomic E-state index is -0.204. The monoisotopic (exact) mass is 325 g/mol. The molecule has 6 heteroatoms. The third-order valence-electron chi connectivity index (χ3n) is 4.41. The number of furan rings is 1. The normalized spacial score (nSPS) is 18.2. The molecule has 1 saturated heterocycles. The fourth-order valence-corrected chi connectivity index (χ4v) is 3.10. The van der Waals surface area contributed by atoms with Crippen molar-refractivity contribution >= 4 is 11.4 Å². The average molecular weight is 325 g/mol. The van der Waals surface area contributed by atoms with E-state index in [0.717, 1.165) is 23.5 Å². The Morgan fingerprint density at radius 1 is 1.33 bits per heavy atom. The lowest BCUT2D eigenvalue weighted by Crippen LogP contribution is -2.43. The van der Waals surface area contributed by atoms with Gasteiger partial charge in [0.2, 0.25) is 0 Å². The van der Waals surface area contributed by atoms with Crippen molar-refractivity contribution in [3.63, 3.8) is 0 Å². The van der Waals surface area contributed by atoms with E-state index < -0.39 is 0 Å². The highest BCUT2D eigenvalue weighted by atomic mass is 16.5. The number of amides is 1. The van der Waals surface area contributed by atoms with Crippen molar-refractivity contribution in [1.29, 1.82) is 0 Å². The van der Waals surface area contributed by atoms with Crippen LogP contribution in [-0.4, -0.2) is 40.2 Å². The van der Waals surface area contributed by atoms with E-state index in [9.17, 15) is 4.79 Å². The molecule has 3 aromatic rings. The first kappa shape index (κ1) is 15.0. The van der Waals surface area contributed by atoms with Crippen LogP contribution in [0.15, 0.2) is 47.1 Å². The molecule has 0 saturated carbocycles. The van der Waals surface area contributed by atoms with Gasteiger partial charge in [-0.05, 0) is 24.3 Å². The highest BCUT2D eigenvalue weighted by Gasteiger charge is 2.32. The molecule has 1 fully saturated rings. The number of carbonyl (C=O) groups is 1. The molecule has 3 aromatic heterocycles. The van der Waals surface area contributed by atoms with Gasteiger partial charge < -0.3 is 14.1 Å². The molecule has 0 aliphatic carbocycles. The topological polar surface area (TPSA) is 60.0 Å². The SMILES string of the molecule is CCc1ccc([C@H]2COCCN2C(=O)c2cnn3ccccc23)o1. The summed E-state index contributed by atoms with van der Waals surface area (Å²) in [6.45, 7) is 3.56. The van der Waals surface area contributed by atoms with Crippen molar-refractivity contribution in [3.8, 4) is 0 Å². The van der Waals surface area contributed by atoms with Crippen LogP contribution in [0.4, 0.5) is 0 Å². The average Bonchev–Trinajstić information content (AvgIpc) is 3.28. The maximum Gasteiger partial charge on any atom is 0.258 e. The lowest BCUT2D eigenvalue weighted by atomic mass is 10.1. The van der Waals surface area contributed by atoms with Crippen molar-refractivity contribution in [3.05, 3.63) is 59.8 Å². The van der Waals surface area contributed by atoms with Crippen molar-refractivity contribution in [1.82, 2.24) is 14.5 Å². The molecule has 0 radical (unpaired) electrons. The summed E-state index contributed by atoms with van der Waals surface area (Å²) in [7, 11) is 0. The Balaban J connectivity index is 1.68. The number of ether oxygens (including phenoxy) is 1. The summed E-state index contributed by atoms with van der Waals surface area (Å²) in [6.07, 6.45) is 4.29. The quantitative estimate of drug-likeness (QED) is 0.743. The van der Waals surface area contributed by atoms with Gasteiger partial charge in [-0.15, -0.1) is 0 Å². The van der Waals surface area contributed by atoms with Crippen LogP contribution in [0.3, 0.4) is 0 Å². The summed E-state index contributed by atoms with van der Waals surface area (Å²) in [5, 5.41) is 4.26. The molecule has 1 aliphatic rings. The lowest BCUT2D eigenvalue weighted by molar-refractivity contribution is -0.00891. The first-order chi connectivity index (χ1) is 11.8. The first-order valence-corrected chi connectivity index (χ1v) is 8.17. The number of hydrogen-bond donors (Lipinski definition) is 0. The number of rotatable bonds is 3. The molecule has 1 aliphatic heterocycles. The van der Waals surface area contributed by atoms with Crippen LogP contribution in [0.25, 0.3) is 5.52 Å². The molecule has 0 spiro atoms. The van der Waals surface area contributed by atoms with Gasteiger partial charge in [0.1, 0.15) is 17.6 Å². The van der Waals surface area contributed by atoms with Gasteiger partial charge in [0, 0.05) is 19.2 Å². The fourth-order valence-electron chi connectivity index (χ4n) is 3.10. The summed E-state index contributed by atoms with van der Waals surface area (Å²) in [5.74, 6) is 1.65. The minimum absolute atomic E-state index is 0.0426. The summed E-state index contributed by atoms with van der Waals surface area (Å²) >= 11 is 0. The maximum absolute atomic E-state index is 13.1. The van der Waals surface area contributed by atoms with Gasteiger partial charge in [-0.1, -0.05) is 13.0 Å². The standard InChI is InChI=1S/C18H19N3O3/c1-2-13-6-7-17(24-13)16-12-23-10-9-20(16)18(22)14-11-19-21-8-4-3-5-15(14)21/h3-8,11,16H,2,9-10,12H2,1H3/t16-/m1/s1. The minimum Gasteiger partial charge on any atom is -0.464 e. The Bertz CT molecular complexity index is 867. The highest BCUT2D eigenvalue weighted by Crippen LogP contribution is 2.28. The molecule has 0 aromatic carbocycles.